The summed E-state index contributed by atoms with van der Waals surface area (Å²) in [4.78, 5) is 36.3. The third kappa shape index (κ3) is 4.17. The van der Waals surface area contributed by atoms with Crippen molar-refractivity contribution >= 4 is 73.8 Å². The van der Waals surface area contributed by atoms with Crippen molar-refractivity contribution in [3.05, 3.63) is 71.0 Å². The number of phenolic OH excluding ortho intramolecular Hbond substituents is 1. The number of nitro benzene ring substituents is 1. The highest BCUT2D eigenvalue weighted by molar-refractivity contribution is 9.10. The quantitative estimate of drug-likeness (QED) is 0.330. The van der Waals surface area contributed by atoms with Crippen LogP contribution in [0.3, 0.4) is 0 Å². The third-order valence-corrected chi connectivity index (χ3v) is 5.89. The van der Waals surface area contributed by atoms with Gasteiger partial charge in [-0.2, -0.15) is 0 Å². The van der Waals surface area contributed by atoms with E-state index in [2.05, 4.69) is 15.9 Å². The van der Waals surface area contributed by atoms with E-state index in [1.54, 1.807) is 12.1 Å². The largest absolute Gasteiger partial charge is 0.506 e. The van der Waals surface area contributed by atoms with Gasteiger partial charge in [0, 0.05) is 27.7 Å². The molecule has 11 heteroatoms. The van der Waals surface area contributed by atoms with Crippen LogP contribution in [-0.2, 0) is 11.3 Å². The fraction of sp³-hybridized carbons (Fsp3) is 0.0588. The Kier molecular flexibility index (Phi) is 5.99. The van der Waals surface area contributed by atoms with Gasteiger partial charge in [0.15, 0.2) is 0 Å². The number of amides is 2. The van der Waals surface area contributed by atoms with E-state index < -0.39 is 16.1 Å². The normalized spacial score (nSPS) is 15.5. The minimum absolute atomic E-state index is 0.0257. The van der Waals surface area contributed by atoms with E-state index in [9.17, 15) is 24.8 Å². The summed E-state index contributed by atoms with van der Waals surface area (Å²) in [5.41, 5.74) is 0.301. The molecule has 1 N–H and O–H groups in total. The van der Waals surface area contributed by atoms with Crippen molar-refractivity contribution < 1.29 is 19.6 Å². The van der Waals surface area contributed by atoms with Crippen molar-refractivity contribution in [2.45, 2.75) is 6.54 Å². The highest BCUT2D eigenvalue weighted by Gasteiger charge is 2.35. The first kappa shape index (κ1) is 20.7. The Morgan fingerprint density at radius 2 is 1.96 bits per heavy atom. The van der Waals surface area contributed by atoms with Crippen LogP contribution in [0.15, 0.2) is 39.7 Å². The molecule has 1 fully saturated rings. The molecule has 0 saturated carbocycles. The van der Waals surface area contributed by atoms with Crippen LogP contribution in [0.2, 0.25) is 10.0 Å². The monoisotopic (exact) mass is 502 g/mol. The van der Waals surface area contributed by atoms with Crippen molar-refractivity contribution in [3.63, 3.8) is 0 Å². The molecule has 7 nitrogen and oxygen atoms in total. The zero-order valence-corrected chi connectivity index (χ0v) is 17.6. The minimum atomic E-state index is -0.629. The number of aromatic hydroxyl groups is 1. The molecule has 0 radical (unpaired) electrons. The molecule has 1 saturated heterocycles. The number of hydrogen-bond donors (Lipinski definition) is 1. The highest BCUT2D eigenvalue weighted by atomic mass is 79.9. The van der Waals surface area contributed by atoms with E-state index in [0.29, 0.717) is 27.4 Å². The molecular formula is C17H9BrCl2N2O5S. The smallest absolute Gasteiger partial charge is 0.293 e. The number of thioether (sulfide) groups is 1. The summed E-state index contributed by atoms with van der Waals surface area (Å²) in [6.07, 6.45) is 1.24. The van der Waals surface area contributed by atoms with Crippen LogP contribution in [0.5, 0.6) is 5.75 Å². The van der Waals surface area contributed by atoms with Crippen LogP contribution in [-0.4, -0.2) is 26.1 Å². The maximum atomic E-state index is 12.6. The molecule has 0 spiro atoms. The molecule has 1 aliphatic rings. The Morgan fingerprint density at radius 3 is 2.61 bits per heavy atom. The number of rotatable bonds is 4. The van der Waals surface area contributed by atoms with Crippen LogP contribution >= 0.6 is 50.9 Å². The van der Waals surface area contributed by atoms with Crippen molar-refractivity contribution in [3.8, 4) is 5.75 Å². The Balaban J connectivity index is 1.92. The lowest BCUT2D eigenvalue weighted by Gasteiger charge is -2.13. The second-order valence-corrected chi connectivity index (χ2v) is 8.32. The molecule has 1 heterocycles. The summed E-state index contributed by atoms with van der Waals surface area (Å²) in [5, 5.41) is 21.3. The van der Waals surface area contributed by atoms with Gasteiger partial charge < -0.3 is 5.11 Å². The first-order valence-corrected chi connectivity index (χ1v) is 9.90. The van der Waals surface area contributed by atoms with Crippen molar-refractivity contribution in [1.82, 2.24) is 4.90 Å². The van der Waals surface area contributed by atoms with Gasteiger partial charge in [0.25, 0.3) is 16.8 Å². The maximum Gasteiger partial charge on any atom is 0.293 e. The fourth-order valence-corrected chi connectivity index (χ4v) is 4.18. The van der Waals surface area contributed by atoms with Crippen molar-refractivity contribution in [1.29, 1.82) is 0 Å². The molecule has 0 aliphatic carbocycles. The Labute approximate surface area is 181 Å². The molecule has 2 aromatic rings. The van der Waals surface area contributed by atoms with E-state index >= 15 is 0 Å². The maximum absolute atomic E-state index is 12.6. The van der Waals surface area contributed by atoms with Gasteiger partial charge in [0.1, 0.15) is 5.75 Å². The summed E-state index contributed by atoms with van der Waals surface area (Å²) >= 11 is 15.6. The van der Waals surface area contributed by atoms with Gasteiger partial charge in [-0.15, -0.1) is 0 Å². The number of halogens is 3. The number of phenols is 1. The first-order chi connectivity index (χ1) is 13.2. The molecule has 0 atom stereocenters. The second-order valence-electron chi connectivity index (χ2n) is 5.63. The van der Waals surface area contributed by atoms with E-state index in [1.165, 1.54) is 12.1 Å². The van der Waals surface area contributed by atoms with Crippen LogP contribution < -0.4 is 0 Å². The zero-order valence-electron chi connectivity index (χ0n) is 13.7. The summed E-state index contributed by atoms with van der Waals surface area (Å²) in [5.74, 6) is -0.874. The Hall–Kier alpha value is -2.07. The van der Waals surface area contributed by atoms with Gasteiger partial charge >= 0.3 is 0 Å². The van der Waals surface area contributed by atoms with Crippen molar-refractivity contribution in [2.24, 2.45) is 0 Å². The first-order valence-electron chi connectivity index (χ1n) is 7.53. The molecule has 2 amide bonds. The topological polar surface area (TPSA) is 101 Å². The van der Waals surface area contributed by atoms with Gasteiger partial charge in [-0.05, 0) is 51.5 Å². The van der Waals surface area contributed by atoms with Gasteiger partial charge in [-0.25, -0.2) is 0 Å². The minimum Gasteiger partial charge on any atom is -0.506 e. The molecule has 0 bridgehead atoms. The Bertz CT molecular complexity index is 1060. The molecule has 0 aromatic heterocycles. The number of nitrogens with zero attached hydrogens (tertiary/aromatic N) is 2. The van der Waals surface area contributed by atoms with Gasteiger partial charge in [-0.3, -0.25) is 24.6 Å². The predicted molar refractivity (Wildman–Crippen MR) is 110 cm³/mol. The molecule has 0 unspecified atom stereocenters. The average Bonchev–Trinajstić information content (AvgIpc) is 2.88. The SMILES string of the molecule is O=C1S/C(=C\c2cc([N+](=O)[O-])cc(Br)c2O)C(=O)N1Cc1ccc(Cl)cc1Cl. The number of non-ortho nitro benzene ring substituents is 1. The van der Waals surface area contributed by atoms with E-state index in [4.69, 9.17) is 23.2 Å². The van der Waals surface area contributed by atoms with Crippen LogP contribution in [0.4, 0.5) is 10.5 Å². The van der Waals surface area contributed by atoms with Gasteiger partial charge in [0.05, 0.1) is 20.8 Å². The van der Waals surface area contributed by atoms with Crippen LogP contribution in [0.1, 0.15) is 11.1 Å². The lowest BCUT2D eigenvalue weighted by Crippen LogP contribution is -2.27. The summed E-state index contributed by atoms with van der Waals surface area (Å²) in [6.45, 7) is -0.0530. The number of benzene rings is 2. The van der Waals surface area contributed by atoms with Crippen molar-refractivity contribution in [2.75, 3.05) is 0 Å². The van der Waals surface area contributed by atoms with E-state index in [1.807, 2.05) is 0 Å². The van der Waals surface area contributed by atoms with E-state index in [-0.39, 0.29) is 32.9 Å². The van der Waals surface area contributed by atoms with Gasteiger partial charge in [0.2, 0.25) is 0 Å². The summed E-state index contributed by atoms with van der Waals surface area (Å²) < 4.78 is 0.0973. The molecule has 3 rings (SSSR count). The molecule has 144 valence electrons. The summed E-state index contributed by atoms with van der Waals surface area (Å²) in [6, 6.07) is 6.97. The number of carbonyl (C=O) groups is 2. The lowest BCUT2D eigenvalue weighted by molar-refractivity contribution is -0.385. The average molecular weight is 504 g/mol. The fourth-order valence-electron chi connectivity index (χ4n) is 2.42. The molecule has 28 heavy (non-hydrogen) atoms. The number of imide groups is 1. The number of nitro groups is 1. The van der Waals surface area contributed by atoms with Gasteiger partial charge in [-0.1, -0.05) is 29.3 Å². The molecule has 1 aliphatic heterocycles. The third-order valence-electron chi connectivity index (χ3n) is 3.79. The lowest BCUT2D eigenvalue weighted by atomic mass is 10.1. The summed E-state index contributed by atoms with van der Waals surface area (Å²) in [7, 11) is 0. The van der Waals surface area contributed by atoms with Crippen LogP contribution in [0, 0.1) is 10.1 Å². The predicted octanol–water partition coefficient (Wildman–Crippen LogP) is 5.61. The molecule has 2 aromatic carbocycles. The van der Waals surface area contributed by atoms with Crippen LogP contribution in [0.25, 0.3) is 6.08 Å². The number of carbonyl (C=O) groups excluding carboxylic acids is 2. The number of hydrogen-bond acceptors (Lipinski definition) is 6. The van der Waals surface area contributed by atoms with E-state index in [0.717, 1.165) is 17.0 Å². The standard InChI is InChI=1S/C17H9BrCl2N2O5S/c18-12-6-11(22(26)27)3-9(15(12)23)4-14-16(24)21(17(25)28-14)7-8-1-2-10(19)5-13(8)20/h1-6,23H,7H2/b14-4-. The highest BCUT2D eigenvalue weighted by Crippen LogP contribution is 2.38. The Morgan fingerprint density at radius 1 is 1.25 bits per heavy atom. The molecular weight excluding hydrogens is 495 g/mol. The zero-order chi connectivity index (χ0) is 20.6. The second kappa shape index (κ2) is 8.12.